The standard InChI is InChI=1S/C9H9N3O4S2/c1-16-9(13)8-6(3-4-17-8)11-12-7(5-10)18(2,14)15/h3-4,11H,1-2H3/b12-7-. The lowest BCUT2D eigenvalue weighted by Gasteiger charge is -2.01. The molecule has 0 amide bonds. The van der Waals surface area contributed by atoms with Gasteiger partial charge in [-0.2, -0.15) is 10.4 Å². The minimum Gasteiger partial charge on any atom is -0.465 e. The highest BCUT2D eigenvalue weighted by atomic mass is 32.2. The molecule has 9 heteroatoms. The molecule has 0 unspecified atom stereocenters. The lowest BCUT2D eigenvalue weighted by molar-refractivity contribution is 0.0607. The van der Waals surface area contributed by atoms with Gasteiger partial charge in [-0.1, -0.05) is 0 Å². The number of methoxy groups -OCH3 is 1. The van der Waals surface area contributed by atoms with Crippen molar-refractivity contribution in [2.45, 2.75) is 0 Å². The Kier molecular flexibility index (Phi) is 4.41. The van der Waals surface area contributed by atoms with Gasteiger partial charge in [0.15, 0.2) is 0 Å². The van der Waals surface area contributed by atoms with Crippen LogP contribution in [0.4, 0.5) is 5.69 Å². The number of carbonyl (C=O) groups excluding carboxylic acids is 1. The summed E-state index contributed by atoms with van der Waals surface area (Å²) >= 11 is 1.11. The molecule has 0 aromatic carbocycles. The van der Waals surface area contributed by atoms with Crippen LogP contribution in [0.15, 0.2) is 16.5 Å². The molecule has 18 heavy (non-hydrogen) atoms. The number of sulfone groups is 1. The van der Waals surface area contributed by atoms with Crippen molar-refractivity contribution in [3.63, 3.8) is 0 Å². The first kappa shape index (κ1) is 14.1. The highest BCUT2D eigenvalue weighted by Crippen LogP contribution is 2.23. The summed E-state index contributed by atoms with van der Waals surface area (Å²) in [6.45, 7) is 0. The lowest BCUT2D eigenvalue weighted by atomic mass is 10.4. The van der Waals surface area contributed by atoms with E-state index < -0.39 is 20.9 Å². The number of nitrogens with zero attached hydrogens (tertiary/aromatic N) is 2. The number of hydrazone groups is 1. The van der Waals surface area contributed by atoms with Gasteiger partial charge in [-0.3, -0.25) is 5.43 Å². The molecule has 0 radical (unpaired) electrons. The van der Waals surface area contributed by atoms with E-state index in [9.17, 15) is 13.2 Å². The van der Waals surface area contributed by atoms with Gasteiger partial charge in [0.05, 0.1) is 12.8 Å². The van der Waals surface area contributed by atoms with Crippen LogP contribution in [0.3, 0.4) is 0 Å². The van der Waals surface area contributed by atoms with Crippen LogP contribution in [0, 0.1) is 11.3 Å². The number of carbonyl (C=O) groups is 1. The van der Waals surface area contributed by atoms with Crippen LogP contribution in [-0.2, 0) is 14.6 Å². The number of hydrogen-bond acceptors (Lipinski definition) is 8. The predicted octanol–water partition coefficient (Wildman–Crippen LogP) is 0.828. The zero-order valence-corrected chi connectivity index (χ0v) is 11.1. The van der Waals surface area contributed by atoms with Crippen LogP contribution in [0.5, 0.6) is 0 Å². The normalized spacial score (nSPS) is 11.7. The first-order chi connectivity index (χ1) is 8.40. The summed E-state index contributed by atoms with van der Waals surface area (Å²) in [5.41, 5.74) is 2.64. The van der Waals surface area contributed by atoms with E-state index in [0.29, 0.717) is 0 Å². The average Bonchev–Trinajstić information content (AvgIpc) is 2.75. The number of thiophene rings is 1. The molecule has 1 heterocycles. The Morgan fingerprint density at radius 1 is 1.61 bits per heavy atom. The third-order valence-corrected chi connectivity index (χ3v) is 3.54. The van der Waals surface area contributed by atoms with Crippen LogP contribution in [0.2, 0.25) is 0 Å². The Hall–Kier alpha value is -1.92. The second kappa shape index (κ2) is 5.61. The maximum atomic E-state index is 11.3. The van der Waals surface area contributed by atoms with Crippen LogP contribution in [0.1, 0.15) is 9.67 Å². The Morgan fingerprint density at radius 3 is 2.78 bits per heavy atom. The highest BCUT2D eigenvalue weighted by molar-refractivity contribution is 8.06. The van der Waals surface area contributed by atoms with Gasteiger partial charge in [-0.25, -0.2) is 13.2 Å². The number of nitriles is 1. The smallest absolute Gasteiger partial charge is 0.350 e. The quantitative estimate of drug-likeness (QED) is 0.382. The maximum Gasteiger partial charge on any atom is 0.350 e. The number of esters is 1. The average molecular weight is 287 g/mol. The molecule has 7 nitrogen and oxygen atoms in total. The SMILES string of the molecule is COC(=O)c1sccc1N/N=C(/C#N)S(C)(=O)=O. The monoisotopic (exact) mass is 287 g/mol. The highest BCUT2D eigenvalue weighted by Gasteiger charge is 2.15. The van der Waals surface area contributed by atoms with Crippen LogP contribution in [0.25, 0.3) is 0 Å². The van der Waals surface area contributed by atoms with E-state index in [2.05, 4.69) is 15.3 Å². The number of rotatable bonds is 3. The van der Waals surface area contributed by atoms with Crippen molar-refractivity contribution in [3.8, 4) is 6.07 Å². The molecule has 0 saturated heterocycles. The molecule has 96 valence electrons. The van der Waals surface area contributed by atoms with Crippen LogP contribution in [-0.4, -0.2) is 32.8 Å². The predicted molar refractivity (Wildman–Crippen MR) is 67.2 cm³/mol. The zero-order chi connectivity index (χ0) is 13.8. The second-order valence-electron chi connectivity index (χ2n) is 3.07. The maximum absolute atomic E-state index is 11.3. The summed E-state index contributed by atoms with van der Waals surface area (Å²) < 4.78 is 26.8. The Labute approximate surface area is 108 Å². The van der Waals surface area contributed by atoms with Crippen molar-refractivity contribution >= 4 is 37.9 Å². The Bertz CT molecular complexity index is 624. The van der Waals surface area contributed by atoms with Crippen molar-refractivity contribution in [2.24, 2.45) is 5.10 Å². The second-order valence-corrected chi connectivity index (χ2v) is 5.91. The Morgan fingerprint density at radius 2 is 2.28 bits per heavy atom. The van der Waals surface area contributed by atoms with Gasteiger partial charge in [-0.15, -0.1) is 11.3 Å². The first-order valence-electron chi connectivity index (χ1n) is 4.49. The third kappa shape index (κ3) is 3.28. The fourth-order valence-corrected chi connectivity index (χ4v) is 2.09. The van der Waals surface area contributed by atoms with Gasteiger partial charge in [-0.05, 0) is 11.4 Å². The summed E-state index contributed by atoms with van der Waals surface area (Å²) in [5, 5.41) is 13.0. The largest absolute Gasteiger partial charge is 0.465 e. The number of ether oxygens (including phenoxy) is 1. The van der Waals surface area contributed by atoms with E-state index in [1.54, 1.807) is 5.38 Å². The van der Waals surface area contributed by atoms with Crippen LogP contribution >= 0.6 is 11.3 Å². The fourth-order valence-electron chi connectivity index (χ4n) is 0.950. The summed E-state index contributed by atoms with van der Waals surface area (Å²) in [6, 6.07) is 2.98. The summed E-state index contributed by atoms with van der Waals surface area (Å²) in [6.07, 6.45) is 0.867. The van der Waals surface area contributed by atoms with E-state index in [4.69, 9.17) is 5.26 Å². The molecule has 1 aromatic rings. The number of nitrogens with one attached hydrogen (secondary N) is 1. The van der Waals surface area contributed by atoms with E-state index in [-0.39, 0.29) is 10.6 Å². The van der Waals surface area contributed by atoms with E-state index in [1.165, 1.54) is 19.2 Å². The minimum atomic E-state index is -3.69. The third-order valence-electron chi connectivity index (χ3n) is 1.76. The molecule has 0 aliphatic rings. The summed E-state index contributed by atoms with van der Waals surface area (Å²) in [5.74, 6) is -0.569. The number of hydrogen-bond donors (Lipinski definition) is 1. The van der Waals surface area contributed by atoms with Gasteiger partial charge in [0.1, 0.15) is 10.9 Å². The molecule has 0 fully saturated rings. The molecule has 0 saturated carbocycles. The molecule has 1 N–H and O–H groups in total. The van der Waals surface area contributed by atoms with Crippen LogP contribution < -0.4 is 5.43 Å². The molecule has 0 bridgehead atoms. The van der Waals surface area contributed by atoms with Crippen molar-refractivity contribution in [2.75, 3.05) is 18.8 Å². The van der Waals surface area contributed by atoms with E-state index in [0.717, 1.165) is 17.6 Å². The van der Waals surface area contributed by atoms with Crippen molar-refractivity contribution in [1.29, 1.82) is 5.26 Å². The first-order valence-corrected chi connectivity index (χ1v) is 7.27. The topological polar surface area (TPSA) is 109 Å². The van der Waals surface area contributed by atoms with E-state index >= 15 is 0 Å². The number of anilines is 1. The molecule has 1 rings (SSSR count). The van der Waals surface area contributed by atoms with Crippen molar-refractivity contribution < 1.29 is 17.9 Å². The molecule has 0 spiro atoms. The molecule has 0 aliphatic heterocycles. The minimum absolute atomic E-state index is 0.243. The Balaban J connectivity index is 3.01. The molecule has 1 aromatic heterocycles. The fraction of sp³-hybridized carbons (Fsp3) is 0.222. The molecule has 0 atom stereocenters. The van der Waals surface area contributed by atoms with Gasteiger partial charge < -0.3 is 4.74 Å². The van der Waals surface area contributed by atoms with Gasteiger partial charge in [0.25, 0.3) is 5.04 Å². The molecular formula is C9H9N3O4S2. The molecule has 0 aliphatic carbocycles. The van der Waals surface area contributed by atoms with Gasteiger partial charge in [0.2, 0.25) is 9.84 Å². The summed E-state index contributed by atoms with van der Waals surface area (Å²) in [7, 11) is -2.46. The van der Waals surface area contributed by atoms with Crippen molar-refractivity contribution in [3.05, 3.63) is 16.3 Å². The van der Waals surface area contributed by atoms with Gasteiger partial charge >= 0.3 is 5.97 Å². The summed E-state index contributed by atoms with van der Waals surface area (Å²) in [4.78, 5) is 11.6. The van der Waals surface area contributed by atoms with E-state index in [1.807, 2.05) is 0 Å². The van der Waals surface area contributed by atoms with Gasteiger partial charge in [0, 0.05) is 6.26 Å². The molecular weight excluding hydrogens is 278 g/mol. The zero-order valence-electron chi connectivity index (χ0n) is 9.50. The van der Waals surface area contributed by atoms with Crippen molar-refractivity contribution in [1.82, 2.24) is 0 Å². The lowest BCUT2D eigenvalue weighted by Crippen LogP contribution is -2.12.